The first kappa shape index (κ1) is 12.8. The minimum absolute atomic E-state index is 0.736. The molecule has 0 heterocycles. The smallest absolute Gasteiger partial charge is 0.113 e. The highest BCUT2D eigenvalue weighted by Gasteiger charge is 2.38. The lowest BCUT2D eigenvalue weighted by Crippen LogP contribution is -2.54. The summed E-state index contributed by atoms with van der Waals surface area (Å²) in [5.41, 5.74) is -1.91. The second kappa shape index (κ2) is 4.85. The van der Waals surface area contributed by atoms with Gasteiger partial charge in [-0.2, -0.15) is 0 Å². The lowest BCUT2D eigenvalue weighted by Gasteiger charge is -2.32. The van der Waals surface area contributed by atoms with Gasteiger partial charge in [0.15, 0.2) is 0 Å². The van der Waals surface area contributed by atoms with Crippen molar-refractivity contribution in [2.45, 2.75) is 30.8 Å². The van der Waals surface area contributed by atoms with Gasteiger partial charge in [-0.25, -0.2) is 0 Å². The molecule has 0 saturated carbocycles. The number of aliphatic hydroxyl groups is 6. The molecule has 6 nitrogen and oxygen atoms in total. The van der Waals surface area contributed by atoms with Gasteiger partial charge in [0.25, 0.3) is 0 Å². The molecule has 0 aliphatic carbocycles. The first-order valence-electron chi connectivity index (χ1n) is 3.85. The van der Waals surface area contributed by atoms with Crippen molar-refractivity contribution in [1.29, 1.82) is 0 Å². The molecule has 0 bridgehead atoms. The minimum atomic E-state index is -1.91. The number of hydrogen-bond acceptors (Lipinski definition) is 6. The maximum Gasteiger partial charge on any atom is 0.113 e. The largest absolute Gasteiger partial charge is 0.394 e. The van der Waals surface area contributed by atoms with Crippen LogP contribution in [0.15, 0.2) is 0 Å². The molecule has 0 spiro atoms. The van der Waals surface area contributed by atoms with Gasteiger partial charge < -0.3 is 30.6 Å². The van der Waals surface area contributed by atoms with Crippen molar-refractivity contribution in [2.24, 2.45) is 0 Å². The van der Waals surface area contributed by atoms with E-state index in [0.29, 0.717) is 0 Å². The Labute approximate surface area is 75.7 Å². The third-order valence-corrected chi connectivity index (χ3v) is 1.86. The summed E-state index contributed by atoms with van der Waals surface area (Å²) < 4.78 is 0. The van der Waals surface area contributed by atoms with Crippen LogP contribution in [0.25, 0.3) is 0 Å². The summed E-state index contributed by atoms with van der Waals surface area (Å²) >= 11 is 0. The minimum Gasteiger partial charge on any atom is -0.394 e. The maximum absolute atomic E-state index is 9.25. The van der Waals surface area contributed by atoms with Gasteiger partial charge in [0, 0.05) is 0 Å². The molecule has 6 N–H and O–H groups in total. The van der Waals surface area contributed by atoms with E-state index in [0.717, 1.165) is 6.92 Å². The van der Waals surface area contributed by atoms with Gasteiger partial charge in [0.05, 0.1) is 13.2 Å². The molecule has 0 aromatic rings. The summed E-state index contributed by atoms with van der Waals surface area (Å²) in [6.07, 6.45) is -4.97. The van der Waals surface area contributed by atoms with E-state index in [9.17, 15) is 10.2 Å². The fourth-order valence-corrected chi connectivity index (χ4v) is 0.780. The molecular weight excluding hydrogens is 180 g/mol. The van der Waals surface area contributed by atoms with Crippen molar-refractivity contribution in [3.8, 4) is 0 Å². The van der Waals surface area contributed by atoms with Gasteiger partial charge in [-0.3, -0.25) is 0 Å². The second-order valence-electron chi connectivity index (χ2n) is 3.20. The lowest BCUT2D eigenvalue weighted by molar-refractivity contribution is -0.164. The third-order valence-electron chi connectivity index (χ3n) is 1.86. The highest BCUT2D eigenvalue weighted by molar-refractivity contribution is 4.89. The van der Waals surface area contributed by atoms with E-state index in [1.54, 1.807) is 0 Å². The lowest BCUT2D eigenvalue weighted by atomic mass is 9.93. The van der Waals surface area contributed by atoms with Crippen LogP contribution in [0.2, 0.25) is 0 Å². The average Bonchev–Trinajstić information content (AvgIpc) is 2.14. The van der Waals surface area contributed by atoms with E-state index in [2.05, 4.69) is 0 Å². The van der Waals surface area contributed by atoms with Crippen molar-refractivity contribution in [3.05, 3.63) is 0 Å². The van der Waals surface area contributed by atoms with E-state index in [1.165, 1.54) is 0 Å². The quantitative estimate of drug-likeness (QED) is 0.275. The summed E-state index contributed by atoms with van der Waals surface area (Å²) in [7, 11) is 0. The first-order chi connectivity index (χ1) is 5.86. The van der Waals surface area contributed by atoms with E-state index in [-0.39, 0.29) is 0 Å². The average molecular weight is 196 g/mol. The molecule has 0 aliphatic heterocycles. The molecule has 0 saturated heterocycles. The Bertz CT molecular complexity index is 148. The Hall–Kier alpha value is -0.240. The Morgan fingerprint density at radius 1 is 1.15 bits per heavy atom. The molecule has 80 valence electrons. The van der Waals surface area contributed by atoms with E-state index in [4.69, 9.17) is 20.4 Å². The van der Waals surface area contributed by atoms with Crippen LogP contribution in [-0.2, 0) is 0 Å². The number of rotatable bonds is 5. The van der Waals surface area contributed by atoms with Crippen LogP contribution in [-0.4, -0.2) is 67.8 Å². The second-order valence-corrected chi connectivity index (χ2v) is 3.20. The highest BCUT2D eigenvalue weighted by Crippen LogP contribution is 2.14. The fraction of sp³-hybridized carbons (Fsp3) is 1.00. The van der Waals surface area contributed by atoms with Gasteiger partial charge in [0.2, 0.25) is 0 Å². The Morgan fingerprint density at radius 3 is 1.92 bits per heavy atom. The van der Waals surface area contributed by atoms with Gasteiger partial charge >= 0.3 is 0 Å². The van der Waals surface area contributed by atoms with E-state index >= 15 is 0 Å². The molecule has 0 aromatic carbocycles. The van der Waals surface area contributed by atoms with Crippen LogP contribution in [0.4, 0.5) is 0 Å². The van der Waals surface area contributed by atoms with Crippen LogP contribution in [0, 0.1) is 0 Å². The molecule has 6 heteroatoms. The summed E-state index contributed by atoms with van der Waals surface area (Å²) in [4.78, 5) is 0. The van der Waals surface area contributed by atoms with Crippen molar-refractivity contribution in [3.63, 3.8) is 0 Å². The van der Waals surface area contributed by atoms with Crippen molar-refractivity contribution in [2.75, 3.05) is 13.2 Å². The summed E-state index contributed by atoms with van der Waals surface area (Å²) in [5, 5.41) is 53.5. The topological polar surface area (TPSA) is 121 Å². The molecule has 0 aliphatic rings. The molecule has 0 radical (unpaired) electrons. The van der Waals surface area contributed by atoms with E-state index in [1.807, 2.05) is 0 Å². The molecule has 4 atom stereocenters. The Balaban J connectivity index is 4.32. The van der Waals surface area contributed by atoms with Gasteiger partial charge in [-0.05, 0) is 6.92 Å². The molecule has 13 heavy (non-hydrogen) atoms. The normalized spacial score (nSPS) is 23.3. The molecule has 0 aromatic heterocycles. The van der Waals surface area contributed by atoms with Gasteiger partial charge in [0.1, 0.15) is 23.9 Å². The van der Waals surface area contributed by atoms with Crippen molar-refractivity contribution >= 4 is 0 Å². The van der Waals surface area contributed by atoms with Gasteiger partial charge in [-0.15, -0.1) is 0 Å². The first-order valence-corrected chi connectivity index (χ1v) is 3.85. The summed E-state index contributed by atoms with van der Waals surface area (Å²) in [6.45, 7) is -0.395. The fourth-order valence-electron chi connectivity index (χ4n) is 0.780. The number of aliphatic hydroxyl groups excluding tert-OH is 5. The summed E-state index contributed by atoms with van der Waals surface area (Å²) in [5.74, 6) is 0. The van der Waals surface area contributed by atoms with Crippen molar-refractivity contribution in [1.82, 2.24) is 0 Å². The monoisotopic (exact) mass is 196 g/mol. The predicted molar refractivity (Wildman–Crippen MR) is 42.8 cm³/mol. The standard InChI is InChI=1S/C7H16O6/c1-7(13,3-9)6(12)5(11)4(10)2-8/h4-6,8-13H,2-3H2,1H3. The zero-order valence-corrected chi connectivity index (χ0v) is 7.33. The molecular formula is C7H16O6. The predicted octanol–water partition coefficient (Wildman–Crippen LogP) is -3.20. The van der Waals surface area contributed by atoms with Crippen LogP contribution in [0.5, 0.6) is 0 Å². The van der Waals surface area contributed by atoms with Crippen LogP contribution >= 0.6 is 0 Å². The maximum atomic E-state index is 9.25. The van der Waals surface area contributed by atoms with Crippen LogP contribution in [0.1, 0.15) is 6.92 Å². The summed E-state index contributed by atoms with van der Waals surface area (Å²) in [6, 6.07) is 0. The molecule has 0 amide bonds. The molecule has 0 fully saturated rings. The molecule has 0 rings (SSSR count). The van der Waals surface area contributed by atoms with E-state index < -0.39 is 37.1 Å². The van der Waals surface area contributed by atoms with Crippen molar-refractivity contribution < 1.29 is 30.6 Å². The SMILES string of the molecule is CC(O)(CO)C(O)C(O)C(O)CO. The van der Waals surface area contributed by atoms with Crippen LogP contribution in [0.3, 0.4) is 0 Å². The Kier molecular flexibility index (Phi) is 4.76. The third kappa shape index (κ3) is 3.18. The highest BCUT2D eigenvalue weighted by atomic mass is 16.4. The zero-order valence-electron chi connectivity index (χ0n) is 7.33. The molecule has 4 unspecified atom stereocenters. The zero-order chi connectivity index (χ0) is 10.6. The van der Waals surface area contributed by atoms with Crippen LogP contribution < -0.4 is 0 Å². The number of hydrogen-bond donors (Lipinski definition) is 6. The van der Waals surface area contributed by atoms with Gasteiger partial charge in [-0.1, -0.05) is 0 Å². The Morgan fingerprint density at radius 2 is 1.62 bits per heavy atom.